The van der Waals surface area contributed by atoms with Gasteiger partial charge in [0.25, 0.3) is 0 Å². The van der Waals surface area contributed by atoms with E-state index in [1.165, 1.54) is 19.3 Å². The Hall–Kier alpha value is -1.06. The summed E-state index contributed by atoms with van der Waals surface area (Å²) in [6.45, 7) is 5.90. The minimum absolute atomic E-state index is 0.00269. The molecule has 1 amide bonds. The monoisotopic (exact) mass is 253 g/mol. The normalized spacial score (nSPS) is 31.6. The van der Waals surface area contributed by atoms with Crippen LogP contribution in [0.1, 0.15) is 46.5 Å². The third-order valence-electron chi connectivity index (χ3n) is 4.45. The van der Waals surface area contributed by atoms with Gasteiger partial charge in [0.1, 0.15) is 0 Å². The molecule has 2 rings (SSSR count). The summed E-state index contributed by atoms with van der Waals surface area (Å²) in [5.41, 5.74) is -0.224. The number of rotatable bonds is 4. The number of carboxylic acids is 1. The van der Waals surface area contributed by atoms with Crippen LogP contribution >= 0.6 is 0 Å². The van der Waals surface area contributed by atoms with E-state index in [9.17, 15) is 9.59 Å². The number of fused-ring (bicyclic) bond motifs is 1. The Morgan fingerprint density at radius 3 is 2.28 bits per heavy atom. The average Bonchev–Trinajstić information content (AvgIpc) is 2.70. The summed E-state index contributed by atoms with van der Waals surface area (Å²) < 4.78 is 0. The standard InChI is InChI=1S/C14H23NO3/c1-14(2,3)10(7-11(16)17)15-13(18)12-8-5-4-6-9(8)12/h8-10,12H,4-7H2,1-3H3,(H,15,18)(H,16,17). The van der Waals surface area contributed by atoms with Gasteiger partial charge in [-0.15, -0.1) is 0 Å². The van der Waals surface area contributed by atoms with Crippen molar-refractivity contribution in [2.24, 2.45) is 23.2 Å². The van der Waals surface area contributed by atoms with Gasteiger partial charge in [-0.1, -0.05) is 27.2 Å². The van der Waals surface area contributed by atoms with Crippen LogP contribution in [0.2, 0.25) is 0 Å². The van der Waals surface area contributed by atoms with Crippen molar-refractivity contribution in [3.63, 3.8) is 0 Å². The van der Waals surface area contributed by atoms with Crippen molar-refractivity contribution in [3.05, 3.63) is 0 Å². The number of carboxylic acid groups (broad SMARTS) is 1. The number of nitrogens with one attached hydrogen (secondary N) is 1. The molecule has 2 saturated carbocycles. The summed E-state index contributed by atoms with van der Waals surface area (Å²) in [6, 6.07) is -0.288. The van der Waals surface area contributed by atoms with Crippen LogP contribution in [0, 0.1) is 23.2 Å². The molecule has 18 heavy (non-hydrogen) atoms. The highest BCUT2D eigenvalue weighted by molar-refractivity contribution is 5.83. The highest BCUT2D eigenvalue weighted by Gasteiger charge is 2.56. The lowest BCUT2D eigenvalue weighted by Crippen LogP contribution is -2.46. The first-order valence-corrected chi connectivity index (χ1v) is 6.83. The molecule has 3 unspecified atom stereocenters. The Kier molecular flexibility index (Phi) is 3.39. The third-order valence-corrected chi connectivity index (χ3v) is 4.45. The van der Waals surface area contributed by atoms with Gasteiger partial charge in [-0.3, -0.25) is 9.59 Å². The molecule has 0 aliphatic heterocycles. The quantitative estimate of drug-likeness (QED) is 0.805. The molecule has 0 spiro atoms. The molecule has 0 radical (unpaired) electrons. The van der Waals surface area contributed by atoms with Crippen LogP contribution in [0.3, 0.4) is 0 Å². The smallest absolute Gasteiger partial charge is 0.305 e. The van der Waals surface area contributed by atoms with Crippen molar-refractivity contribution >= 4 is 11.9 Å². The van der Waals surface area contributed by atoms with Crippen LogP contribution in [0.5, 0.6) is 0 Å². The fourth-order valence-corrected chi connectivity index (χ4v) is 3.23. The highest BCUT2D eigenvalue weighted by atomic mass is 16.4. The second-order valence-corrected chi connectivity index (χ2v) is 6.81. The summed E-state index contributed by atoms with van der Waals surface area (Å²) in [7, 11) is 0. The molecule has 2 N–H and O–H groups in total. The van der Waals surface area contributed by atoms with Gasteiger partial charge in [0.05, 0.1) is 6.42 Å². The SMILES string of the molecule is CC(C)(C)C(CC(=O)O)NC(=O)C1C2CCCC21. The second-order valence-electron chi connectivity index (χ2n) is 6.81. The van der Waals surface area contributed by atoms with Crippen molar-refractivity contribution in [1.82, 2.24) is 5.32 Å². The van der Waals surface area contributed by atoms with Crippen LogP contribution in [-0.4, -0.2) is 23.0 Å². The number of carbonyl (C=O) groups is 2. The molecule has 0 aromatic carbocycles. The maximum atomic E-state index is 12.2. The maximum Gasteiger partial charge on any atom is 0.305 e. The summed E-state index contributed by atoms with van der Waals surface area (Å²) in [4.78, 5) is 23.0. The topological polar surface area (TPSA) is 66.4 Å². The fraction of sp³-hybridized carbons (Fsp3) is 0.857. The Morgan fingerprint density at radius 2 is 1.83 bits per heavy atom. The Morgan fingerprint density at radius 1 is 1.28 bits per heavy atom. The number of aliphatic carboxylic acids is 1. The van der Waals surface area contributed by atoms with Gasteiger partial charge in [-0.05, 0) is 30.1 Å². The van der Waals surface area contributed by atoms with Crippen molar-refractivity contribution in [2.75, 3.05) is 0 Å². The molecular weight excluding hydrogens is 230 g/mol. The van der Waals surface area contributed by atoms with Crippen LogP contribution in [-0.2, 0) is 9.59 Å². The summed E-state index contributed by atoms with van der Waals surface area (Å²) in [5, 5.41) is 11.9. The van der Waals surface area contributed by atoms with E-state index >= 15 is 0 Å². The van der Waals surface area contributed by atoms with Gasteiger partial charge in [0.2, 0.25) is 5.91 Å². The van der Waals surface area contributed by atoms with E-state index in [1.54, 1.807) is 0 Å². The van der Waals surface area contributed by atoms with Crippen LogP contribution < -0.4 is 5.32 Å². The van der Waals surface area contributed by atoms with E-state index in [1.807, 2.05) is 20.8 Å². The Labute approximate surface area is 108 Å². The predicted octanol–water partition coefficient (Wildman–Crippen LogP) is 2.04. The van der Waals surface area contributed by atoms with Gasteiger partial charge in [0, 0.05) is 12.0 Å². The Balaban J connectivity index is 1.92. The zero-order chi connectivity index (χ0) is 13.5. The van der Waals surface area contributed by atoms with Crippen LogP contribution in [0.4, 0.5) is 0 Å². The third kappa shape index (κ3) is 2.68. The molecule has 0 bridgehead atoms. The fourth-order valence-electron chi connectivity index (χ4n) is 3.23. The Bertz CT molecular complexity index is 349. The summed E-state index contributed by atoms with van der Waals surface area (Å²) in [6.07, 6.45) is 3.58. The zero-order valence-corrected chi connectivity index (χ0v) is 11.4. The van der Waals surface area contributed by atoms with E-state index in [4.69, 9.17) is 5.11 Å². The molecule has 0 heterocycles. The lowest BCUT2D eigenvalue weighted by molar-refractivity contribution is -0.138. The number of amides is 1. The van der Waals surface area contributed by atoms with Crippen LogP contribution in [0.25, 0.3) is 0 Å². The van der Waals surface area contributed by atoms with E-state index in [0.29, 0.717) is 11.8 Å². The largest absolute Gasteiger partial charge is 0.481 e. The molecule has 2 aliphatic carbocycles. The van der Waals surface area contributed by atoms with Gasteiger partial charge in [0.15, 0.2) is 0 Å². The van der Waals surface area contributed by atoms with E-state index in [0.717, 1.165) is 0 Å². The first kappa shape index (κ1) is 13.4. The maximum absolute atomic E-state index is 12.2. The van der Waals surface area contributed by atoms with E-state index in [2.05, 4.69) is 5.32 Å². The average molecular weight is 253 g/mol. The molecule has 4 nitrogen and oxygen atoms in total. The molecule has 3 atom stereocenters. The molecule has 102 valence electrons. The molecule has 2 aliphatic rings. The second kappa shape index (κ2) is 4.56. The number of hydrogen-bond acceptors (Lipinski definition) is 2. The minimum atomic E-state index is -0.855. The lowest BCUT2D eigenvalue weighted by Gasteiger charge is -2.30. The van der Waals surface area contributed by atoms with Crippen molar-refractivity contribution < 1.29 is 14.7 Å². The molecular formula is C14H23NO3. The van der Waals surface area contributed by atoms with Gasteiger partial charge >= 0.3 is 5.97 Å². The van der Waals surface area contributed by atoms with Crippen LogP contribution in [0.15, 0.2) is 0 Å². The lowest BCUT2D eigenvalue weighted by atomic mass is 9.84. The molecule has 0 aromatic heterocycles. The minimum Gasteiger partial charge on any atom is -0.481 e. The van der Waals surface area contributed by atoms with E-state index < -0.39 is 5.97 Å². The first-order valence-electron chi connectivity index (χ1n) is 6.83. The van der Waals surface area contributed by atoms with Crippen molar-refractivity contribution in [1.29, 1.82) is 0 Å². The number of carbonyl (C=O) groups excluding carboxylic acids is 1. The van der Waals surface area contributed by atoms with Crippen molar-refractivity contribution in [2.45, 2.75) is 52.5 Å². The van der Waals surface area contributed by atoms with E-state index in [-0.39, 0.29) is 29.7 Å². The summed E-state index contributed by atoms with van der Waals surface area (Å²) in [5.74, 6) is 0.542. The molecule has 0 aromatic rings. The van der Waals surface area contributed by atoms with Crippen molar-refractivity contribution in [3.8, 4) is 0 Å². The van der Waals surface area contributed by atoms with Gasteiger partial charge in [-0.25, -0.2) is 0 Å². The number of hydrogen-bond donors (Lipinski definition) is 2. The summed E-state index contributed by atoms with van der Waals surface area (Å²) >= 11 is 0. The molecule has 2 fully saturated rings. The zero-order valence-electron chi connectivity index (χ0n) is 11.4. The van der Waals surface area contributed by atoms with Gasteiger partial charge < -0.3 is 10.4 Å². The first-order chi connectivity index (χ1) is 8.30. The predicted molar refractivity (Wildman–Crippen MR) is 68.0 cm³/mol. The van der Waals surface area contributed by atoms with Gasteiger partial charge in [-0.2, -0.15) is 0 Å². The highest BCUT2D eigenvalue weighted by Crippen LogP contribution is 2.57. The molecule has 0 saturated heterocycles. The molecule has 4 heteroatoms.